The lowest BCUT2D eigenvalue weighted by molar-refractivity contribution is -0.134. The minimum Gasteiger partial charge on any atom is -0.478 e. The molecule has 5 nitrogen and oxygen atoms in total. The molecule has 2 saturated carbocycles. The highest BCUT2D eigenvalue weighted by atomic mass is 16.4. The summed E-state index contributed by atoms with van der Waals surface area (Å²) in [6.45, 7) is 3.56. The monoisotopic (exact) mass is 457 g/mol. The van der Waals surface area contributed by atoms with E-state index < -0.39 is 11.9 Å². The Morgan fingerprint density at radius 3 is 1.82 bits per heavy atom. The third-order valence-electron chi connectivity index (χ3n) is 7.23. The quantitative estimate of drug-likeness (QED) is 0.370. The van der Waals surface area contributed by atoms with E-state index in [-0.39, 0.29) is 0 Å². The Kier molecular flexibility index (Phi) is 12.9. The molecule has 0 aromatic heterocycles. The van der Waals surface area contributed by atoms with Crippen molar-refractivity contribution in [3.8, 4) is 0 Å². The van der Waals surface area contributed by atoms with Crippen molar-refractivity contribution in [2.75, 3.05) is 6.54 Å². The second-order valence-corrected chi connectivity index (χ2v) is 9.80. The van der Waals surface area contributed by atoms with Crippen LogP contribution in [0.4, 0.5) is 0 Å². The summed E-state index contributed by atoms with van der Waals surface area (Å²) in [6, 6.07) is 11.5. The zero-order valence-electron chi connectivity index (χ0n) is 20.3. The largest absolute Gasteiger partial charge is 0.478 e. The van der Waals surface area contributed by atoms with Gasteiger partial charge in [0.1, 0.15) is 0 Å². The molecule has 1 atom stereocenters. The van der Waals surface area contributed by atoms with E-state index in [2.05, 4.69) is 42.6 Å². The van der Waals surface area contributed by atoms with Crippen molar-refractivity contribution in [2.45, 2.75) is 90.0 Å². The van der Waals surface area contributed by atoms with Crippen LogP contribution in [0.15, 0.2) is 42.5 Å². The molecule has 33 heavy (non-hydrogen) atoms. The molecule has 2 aliphatic carbocycles. The van der Waals surface area contributed by atoms with Crippen molar-refractivity contribution in [1.29, 1.82) is 0 Å². The normalized spacial score (nSPS) is 18.6. The van der Waals surface area contributed by atoms with Gasteiger partial charge in [-0.15, -0.1) is 0 Å². The van der Waals surface area contributed by atoms with Crippen LogP contribution in [0.2, 0.25) is 0 Å². The number of carbonyl (C=O) groups is 2. The van der Waals surface area contributed by atoms with Crippen LogP contribution in [0.25, 0.3) is 0 Å². The minimum absolute atomic E-state index is 0.558. The molecule has 0 radical (unpaired) electrons. The van der Waals surface area contributed by atoms with E-state index in [1.54, 1.807) is 0 Å². The molecule has 3 rings (SSSR count). The predicted molar refractivity (Wildman–Crippen MR) is 133 cm³/mol. The number of hydrogen-bond donors (Lipinski definition) is 3. The molecule has 1 unspecified atom stereocenters. The number of carboxylic acids is 2. The number of rotatable bonds is 10. The van der Waals surface area contributed by atoms with Gasteiger partial charge in [-0.05, 0) is 49.6 Å². The van der Waals surface area contributed by atoms with Gasteiger partial charge in [-0.3, -0.25) is 0 Å². The summed E-state index contributed by atoms with van der Waals surface area (Å²) < 4.78 is 0. The Balaban J connectivity index is 0.000000414. The Labute approximate surface area is 199 Å². The number of aliphatic carboxylic acids is 2. The van der Waals surface area contributed by atoms with Crippen LogP contribution in [-0.2, 0) is 16.0 Å². The van der Waals surface area contributed by atoms with E-state index in [0.29, 0.717) is 18.2 Å². The third kappa shape index (κ3) is 11.5. The first-order valence-electron chi connectivity index (χ1n) is 12.9. The van der Waals surface area contributed by atoms with Crippen LogP contribution >= 0.6 is 0 Å². The zero-order chi connectivity index (χ0) is 23.9. The van der Waals surface area contributed by atoms with Crippen molar-refractivity contribution in [2.24, 2.45) is 17.8 Å². The van der Waals surface area contributed by atoms with Gasteiger partial charge in [0.2, 0.25) is 0 Å². The fourth-order valence-electron chi connectivity index (χ4n) is 5.66. The molecular formula is C28H43NO4. The summed E-state index contributed by atoms with van der Waals surface area (Å²) in [5.74, 6) is 0.544. The molecule has 3 N–H and O–H groups in total. The lowest BCUT2D eigenvalue weighted by atomic mass is 9.68. The van der Waals surface area contributed by atoms with Gasteiger partial charge in [-0.25, -0.2) is 9.59 Å². The van der Waals surface area contributed by atoms with Crippen LogP contribution in [0.3, 0.4) is 0 Å². The molecule has 1 aromatic carbocycles. The average Bonchev–Trinajstić information content (AvgIpc) is 2.83. The number of nitrogens with one attached hydrogen (secondary N) is 1. The fourth-order valence-corrected chi connectivity index (χ4v) is 5.66. The van der Waals surface area contributed by atoms with E-state index in [1.807, 2.05) is 0 Å². The van der Waals surface area contributed by atoms with Crippen LogP contribution in [-0.4, -0.2) is 34.7 Å². The maximum atomic E-state index is 9.55. The van der Waals surface area contributed by atoms with Gasteiger partial charge in [0.15, 0.2) is 0 Å². The first-order valence-corrected chi connectivity index (χ1v) is 12.9. The first kappa shape index (κ1) is 27.1. The van der Waals surface area contributed by atoms with Gasteiger partial charge in [-0.1, -0.05) is 94.5 Å². The fraction of sp³-hybridized carbons (Fsp3) is 0.643. The number of carboxylic acid groups (broad SMARTS) is 2. The lowest BCUT2D eigenvalue weighted by Gasteiger charge is -2.38. The van der Waals surface area contributed by atoms with E-state index >= 15 is 0 Å². The summed E-state index contributed by atoms with van der Waals surface area (Å²) in [5, 5.41) is 19.5. The van der Waals surface area contributed by atoms with Gasteiger partial charge >= 0.3 is 11.9 Å². The van der Waals surface area contributed by atoms with E-state index in [0.717, 1.165) is 24.2 Å². The van der Waals surface area contributed by atoms with Crippen LogP contribution in [0, 0.1) is 17.8 Å². The smallest absolute Gasteiger partial charge is 0.328 e. The molecule has 0 aliphatic heterocycles. The highest BCUT2D eigenvalue weighted by Crippen LogP contribution is 2.41. The highest BCUT2D eigenvalue weighted by Gasteiger charge is 2.30. The molecular weight excluding hydrogens is 414 g/mol. The predicted octanol–water partition coefficient (Wildman–Crippen LogP) is 6.09. The molecule has 0 heterocycles. The van der Waals surface area contributed by atoms with Gasteiger partial charge in [-0.2, -0.15) is 0 Å². The average molecular weight is 458 g/mol. The second-order valence-electron chi connectivity index (χ2n) is 9.80. The first-order chi connectivity index (χ1) is 16.0. The van der Waals surface area contributed by atoms with E-state index in [4.69, 9.17) is 10.2 Å². The van der Waals surface area contributed by atoms with E-state index in [1.165, 1.54) is 82.7 Å². The van der Waals surface area contributed by atoms with Crippen LogP contribution < -0.4 is 5.32 Å². The van der Waals surface area contributed by atoms with Crippen molar-refractivity contribution >= 4 is 11.9 Å². The Bertz CT molecular complexity index is 672. The highest BCUT2D eigenvalue weighted by molar-refractivity contribution is 5.89. The SMILES string of the molecule is CC(Cc1ccccc1)NCCC(C1CCCCC1)C1CCCCC1.O=C(O)/C=C\C(=O)O. The molecule has 0 saturated heterocycles. The maximum Gasteiger partial charge on any atom is 0.328 e. The van der Waals surface area contributed by atoms with Gasteiger partial charge in [0.05, 0.1) is 0 Å². The summed E-state index contributed by atoms with van der Waals surface area (Å²) in [7, 11) is 0. The Morgan fingerprint density at radius 1 is 0.879 bits per heavy atom. The second kappa shape index (κ2) is 15.7. The zero-order valence-corrected chi connectivity index (χ0v) is 20.3. The van der Waals surface area contributed by atoms with Crippen molar-refractivity contribution in [3.63, 3.8) is 0 Å². The topological polar surface area (TPSA) is 86.6 Å². The standard InChI is InChI=1S/C24H39N.C4H4O4/c1-20(19-21-11-5-2-6-12-21)25-18-17-24(22-13-7-3-8-14-22)23-15-9-4-10-16-23;5-3(6)1-2-4(7)8/h2,5-6,11-12,20,22-25H,3-4,7-10,13-19H2,1H3;1-2H,(H,5,6)(H,7,8)/b;2-1-. The molecule has 5 heteroatoms. The van der Waals surface area contributed by atoms with Crippen molar-refractivity contribution in [1.82, 2.24) is 5.32 Å². The minimum atomic E-state index is -1.26. The van der Waals surface area contributed by atoms with Crippen molar-refractivity contribution in [3.05, 3.63) is 48.0 Å². The molecule has 184 valence electrons. The molecule has 0 amide bonds. The summed E-state index contributed by atoms with van der Waals surface area (Å²) in [6.07, 6.45) is 18.7. The van der Waals surface area contributed by atoms with Gasteiger partial charge in [0, 0.05) is 18.2 Å². The molecule has 0 bridgehead atoms. The number of benzene rings is 1. The summed E-state index contributed by atoms with van der Waals surface area (Å²) >= 11 is 0. The van der Waals surface area contributed by atoms with Crippen molar-refractivity contribution < 1.29 is 19.8 Å². The summed E-state index contributed by atoms with van der Waals surface area (Å²) in [5.41, 5.74) is 1.46. The Hall–Kier alpha value is -2.14. The molecule has 2 fully saturated rings. The van der Waals surface area contributed by atoms with Gasteiger partial charge in [0.25, 0.3) is 0 Å². The molecule has 1 aromatic rings. The van der Waals surface area contributed by atoms with Crippen LogP contribution in [0.5, 0.6) is 0 Å². The van der Waals surface area contributed by atoms with Crippen LogP contribution in [0.1, 0.15) is 83.1 Å². The lowest BCUT2D eigenvalue weighted by Crippen LogP contribution is -2.34. The Morgan fingerprint density at radius 2 is 1.36 bits per heavy atom. The summed E-state index contributed by atoms with van der Waals surface area (Å²) in [4.78, 5) is 19.1. The molecule has 2 aliphatic rings. The third-order valence-corrected chi connectivity index (χ3v) is 7.23. The maximum absolute atomic E-state index is 9.55. The number of hydrogen-bond acceptors (Lipinski definition) is 3. The van der Waals surface area contributed by atoms with Gasteiger partial charge < -0.3 is 15.5 Å². The van der Waals surface area contributed by atoms with E-state index in [9.17, 15) is 9.59 Å². The molecule has 0 spiro atoms.